The summed E-state index contributed by atoms with van der Waals surface area (Å²) in [6, 6.07) is 9.97. The third-order valence-electron chi connectivity index (χ3n) is 6.88. The highest BCUT2D eigenvalue weighted by Crippen LogP contribution is 2.69. The van der Waals surface area contributed by atoms with Gasteiger partial charge in [0, 0.05) is 44.3 Å². The van der Waals surface area contributed by atoms with Crippen LogP contribution < -0.4 is 16.4 Å². The zero-order chi connectivity index (χ0) is 20.4. The van der Waals surface area contributed by atoms with Crippen molar-refractivity contribution in [2.45, 2.75) is 30.9 Å². The van der Waals surface area contributed by atoms with Gasteiger partial charge < -0.3 is 26.2 Å². The Kier molecular flexibility index (Phi) is 5.76. The van der Waals surface area contributed by atoms with Gasteiger partial charge in [-0.3, -0.25) is 9.69 Å². The van der Waals surface area contributed by atoms with Crippen LogP contribution in [0, 0.1) is 11.3 Å². The van der Waals surface area contributed by atoms with E-state index in [1.165, 1.54) is 5.56 Å². The molecule has 2 aliphatic heterocycles. The second kappa shape index (κ2) is 8.30. The number of nitrogens with one attached hydrogen (secondary N) is 2. The van der Waals surface area contributed by atoms with Gasteiger partial charge in [-0.1, -0.05) is 30.3 Å². The highest BCUT2D eigenvalue weighted by molar-refractivity contribution is 5.83. The number of primary amides is 1. The van der Waals surface area contributed by atoms with Gasteiger partial charge in [-0.25, -0.2) is 4.79 Å². The average molecular weight is 402 g/mol. The number of carbonyl (C=O) groups excluding carboxylic acids is 2. The number of nitrogens with two attached hydrogens (primary N) is 1. The van der Waals surface area contributed by atoms with Gasteiger partial charge in [-0.05, 0) is 30.2 Å². The monoisotopic (exact) mass is 402 g/mol. The summed E-state index contributed by atoms with van der Waals surface area (Å²) in [5.41, 5.74) is 5.99. The first-order valence-electron chi connectivity index (χ1n) is 10.4. The molecule has 0 radical (unpaired) electrons. The molecule has 0 unspecified atom stereocenters. The number of aliphatic hydroxyl groups is 1. The Morgan fingerprint density at radius 2 is 1.93 bits per heavy atom. The molecule has 1 saturated carbocycles. The van der Waals surface area contributed by atoms with E-state index in [0.717, 1.165) is 32.6 Å². The first-order chi connectivity index (χ1) is 14.0. The number of benzene rings is 1. The van der Waals surface area contributed by atoms with E-state index in [2.05, 4.69) is 27.7 Å². The van der Waals surface area contributed by atoms with Crippen molar-refractivity contribution in [1.82, 2.24) is 15.5 Å². The van der Waals surface area contributed by atoms with E-state index in [9.17, 15) is 14.7 Å². The molecule has 3 aliphatic rings. The number of likely N-dealkylation sites (tertiary alicyclic amines) is 1. The minimum Gasteiger partial charge on any atom is -0.391 e. The summed E-state index contributed by atoms with van der Waals surface area (Å²) >= 11 is 0. The van der Waals surface area contributed by atoms with Crippen LogP contribution in [0.1, 0.15) is 24.3 Å². The molecule has 1 aromatic carbocycles. The average Bonchev–Trinajstić information content (AvgIpc) is 3.25. The van der Waals surface area contributed by atoms with E-state index < -0.39 is 12.1 Å². The topological polar surface area (TPSA) is 117 Å². The van der Waals surface area contributed by atoms with Crippen LogP contribution in [0.5, 0.6) is 0 Å². The van der Waals surface area contributed by atoms with Gasteiger partial charge in [0.15, 0.2) is 0 Å². The van der Waals surface area contributed by atoms with Crippen molar-refractivity contribution in [3.8, 4) is 0 Å². The Labute approximate surface area is 170 Å². The molecule has 0 aromatic heterocycles. The largest absolute Gasteiger partial charge is 0.391 e. The molecule has 158 valence electrons. The smallest absolute Gasteiger partial charge is 0.312 e. The van der Waals surface area contributed by atoms with Gasteiger partial charge in [0.2, 0.25) is 5.91 Å². The van der Waals surface area contributed by atoms with Crippen LogP contribution in [-0.4, -0.2) is 73.5 Å². The van der Waals surface area contributed by atoms with Crippen molar-refractivity contribution >= 4 is 11.9 Å². The molecule has 2 heterocycles. The minimum absolute atomic E-state index is 0.137. The van der Waals surface area contributed by atoms with Crippen LogP contribution in [0.15, 0.2) is 30.3 Å². The predicted octanol–water partition coefficient (Wildman–Crippen LogP) is 0.0264. The zero-order valence-corrected chi connectivity index (χ0v) is 16.5. The molecule has 0 bridgehead atoms. The molecule has 4 atom stereocenters. The minimum atomic E-state index is -0.719. The van der Waals surface area contributed by atoms with Crippen LogP contribution in [-0.2, 0) is 9.53 Å². The zero-order valence-electron chi connectivity index (χ0n) is 16.5. The highest BCUT2D eigenvalue weighted by Gasteiger charge is 2.71. The second-order valence-corrected chi connectivity index (χ2v) is 8.42. The number of hydrogen-bond acceptors (Lipinski definition) is 5. The lowest BCUT2D eigenvalue weighted by Crippen LogP contribution is -2.40. The molecule has 5 N–H and O–H groups in total. The van der Waals surface area contributed by atoms with Crippen LogP contribution in [0.25, 0.3) is 0 Å². The molecule has 1 spiro atoms. The standard InChI is InChI=1S/C21H30N4O4/c22-20(28)24-11-18(27)23-10-16-19(14-4-2-1-3-5-14)21(16)13-25(12-17(21)26)15-6-8-29-9-7-15/h1-5,15-17,19,26H,6-13H2,(H,23,27)(H3,22,24,28)/t16-,17-,19-,21-/m1/s1. The van der Waals surface area contributed by atoms with Gasteiger partial charge in [-0.15, -0.1) is 0 Å². The third kappa shape index (κ3) is 3.97. The molecule has 4 rings (SSSR count). The van der Waals surface area contributed by atoms with E-state index in [-0.39, 0.29) is 29.7 Å². The number of hydrogen-bond donors (Lipinski definition) is 4. The quantitative estimate of drug-likeness (QED) is 0.536. The summed E-state index contributed by atoms with van der Waals surface area (Å²) in [6.45, 7) is 3.39. The predicted molar refractivity (Wildman–Crippen MR) is 107 cm³/mol. The fourth-order valence-electron chi connectivity index (χ4n) is 5.42. The molecule has 3 amide bonds. The third-order valence-corrected chi connectivity index (χ3v) is 6.88. The van der Waals surface area contributed by atoms with Crippen LogP contribution >= 0.6 is 0 Å². The lowest BCUT2D eigenvalue weighted by Gasteiger charge is -2.31. The lowest BCUT2D eigenvalue weighted by molar-refractivity contribution is -0.120. The molecule has 1 aromatic rings. The van der Waals surface area contributed by atoms with E-state index in [4.69, 9.17) is 10.5 Å². The molecule has 8 nitrogen and oxygen atoms in total. The van der Waals surface area contributed by atoms with Crippen LogP contribution in [0.2, 0.25) is 0 Å². The number of nitrogens with zero attached hydrogens (tertiary/aromatic N) is 1. The first-order valence-corrected chi connectivity index (χ1v) is 10.4. The second-order valence-electron chi connectivity index (χ2n) is 8.42. The highest BCUT2D eigenvalue weighted by atomic mass is 16.5. The number of rotatable bonds is 6. The number of aliphatic hydroxyl groups excluding tert-OH is 1. The number of ether oxygens (including phenoxy) is 1. The van der Waals surface area contributed by atoms with Gasteiger partial charge >= 0.3 is 6.03 Å². The van der Waals surface area contributed by atoms with Crippen molar-refractivity contribution in [1.29, 1.82) is 0 Å². The van der Waals surface area contributed by atoms with E-state index in [1.54, 1.807) is 0 Å². The molecular weight excluding hydrogens is 372 g/mol. The molecule has 3 fully saturated rings. The first kappa shape index (κ1) is 20.1. The maximum atomic E-state index is 12.1. The van der Waals surface area contributed by atoms with E-state index >= 15 is 0 Å². The van der Waals surface area contributed by atoms with E-state index in [1.807, 2.05) is 18.2 Å². The summed E-state index contributed by atoms with van der Waals surface area (Å²) in [7, 11) is 0. The fourth-order valence-corrected chi connectivity index (χ4v) is 5.42. The maximum absolute atomic E-state index is 12.1. The van der Waals surface area contributed by atoms with Gasteiger partial charge in [0.25, 0.3) is 0 Å². The molecule has 29 heavy (non-hydrogen) atoms. The van der Waals surface area contributed by atoms with Crippen molar-refractivity contribution in [2.75, 3.05) is 39.4 Å². The molecule has 1 aliphatic carbocycles. The molecular formula is C21H30N4O4. The fraction of sp³-hybridized carbons (Fsp3) is 0.619. The Morgan fingerprint density at radius 1 is 1.21 bits per heavy atom. The number of β-amino-alcohol motifs (C(OH)–C–C–N with tert-alkyl or cyclic N) is 1. The van der Waals surface area contributed by atoms with E-state index in [0.29, 0.717) is 19.1 Å². The van der Waals surface area contributed by atoms with Crippen LogP contribution in [0.4, 0.5) is 4.79 Å². The number of urea groups is 1. The maximum Gasteiger partial charge on any atom is 0.312 e. The SMILES string of the molecule is NC(=O)NCC(=O)NC[C@@H]1[C@@H](c2ccccc2)[C@]12CN(C1CCOCC1)C[C@H]2O. The summed E-state index contributed by atoms with van der Waals surface area (Å²) in [5.74, 6) is 0.0849. The van der Waals surface area contributed by atoms with Crippen molar-refractivity contribution in [3.05, 3.63) is 35.9 Å². The molecule has 8 heteroatoms. The Bertz CT molecular complexity index is 739. The number of amides is 3. The Morgan fingerprint density at radius 3 is 2.62 bits per heavy atom. The summed E-state index contributed by atoms with van der Waals surface area (Å²) in [4.78, 5) is 25.3. The van der Waals surface area contributed by atoms with Crippen molar-refractivity contribution in [2.24, 2.45) is 17.1 Å². The summed E-state index contributed by atoms with van der Waals surface area (Å²) in [5, 5.41) is 16.3. The Balaban J connectivity index is 1.47. The van der Waals surface area contributed by atoms with Crippen molar-refractivity contribution < 1.29 is 19.4 Å². The molecule has 2 saturated heterocycles. The Hall–Kier alpha value is -2.16. The van der Waals surface area contributed by atoms with Crippen molar-refractivity contribution in [3.63, 3.8) is 0 Å². The number of carbonyl (C=O) groups is 2. The van der Waals surface area contributed by atoms with Gasteiger partial charge in [0.1, 0.15) is 0 Å². The summed E-state index contributed by atoms with van der Waals surface area (Å²) < 4.78 is 5.49. The normalized spacial score (nSPS) is 32.2. The summed E-state index contributed by atoms with van der Waals surface area (Å²) in [6.07, 6.45) is 1.57. The van der Waals surface area contributed by atoms with Crippen LogP contribution in [0.3, 0.4) is 0 Å². The van der Waals surface area contributed by atoms with Gasteiger partial charge in [-0.2, -0.15) is 0 Å². The van der Waals surface area contributed by atoms with Gasteiger partial charge in [0.05, 0.1) is 12.6 Å². The lowest BCUT2D eigenvalue weighted by atomic mass is 9.95.